The first-order valence-corrected chi connectivity index (χ1v) is 8.90. The van der Waals surface area contributed by atoms with Gasteiger partial charge in [-0.15, -0.1) is 0 Å². The van der Waals surface area contributed by atoms with Crippen molar-refractivity contribution in [3.8, 4) is 0 Å². The van der Waals surface area contributed by atoms with E-state index in [4.69, 9.17) is 0 Å². The van der Waals surface area contributed by atoms with Crippen LogP contribution in [0, 0.1) is 0 Å². The molecule has 0 N–H and O–H groups in total. The van der Waals surface area contributed by atoms with E-state index in [1.165, 1.54) is 0 Å². The van der Waals surface area contributed by atoms with Gasteiger partial charge in [-0.2, -0.15) is 97.1 Å². The third-order valence-electron chi connectivity index (χ3n) is 6.69. The minimum Gasteiger partial charge on any atom is -0.227 e. The lowest BCUT2D eigenvalue weighted by Gasteiger charge is -2.58. The molecule has 0 aromatic heterocycles. The molecule has 2 saturated carbocycles. The number of nitrogens with zero attached hydrogens (tertiary/aromatic N) is 1. The van der Waals surface area contributed by atoms with Gasteiger partial charge in [0.2, 0.25) is 0 Å². The van der Waals surface area contributed by atoms with Crippen LogP contribution in [-0.2, 0) is 0 Å². The van der Waals surface area contributed by atoms with Gasteiger partial charge in [0.05, 0.1) is 0 Å². The van der Waals surface area contributed by atoms with E-state index in [0.717, 1.165) is 0 Å². The molecule has 1 heterocycles. The van der Waals surface area contributed by atoms with Gasteiger partial charge in [0, 0.05) is 0 Å². The maximum Gasteiger partial charge on any atom is 0.469 e. The number of alkyl halides is 25. The first-order valence-electron chi connectivity index (χ1n) is 8.90. The van der Waals surface area contributed by atoms with Crippen LogP contribution < -0.4 is 0 Å². The van der Waals surface area contributed by atoms with Crippen LogP contribution in [0.3, 0.4) is 0 Å². The number of fused-ring (bicyclic) bond motifs is 3. The van der Waals surface area contributed by atoms with Crippen molar-refractivity contribution in [3.63, 3.8) is 0 Å². The van der Waals surface area contributed by atoms with Gasteiger partial charge in [-0.05, 0) is 0 Å². The summed E-state index contributed by atoms with van der Waals surface area (Å²) in [6.07, 6.45) is -8.58. The molecule has 1 saturated heterocycles. The van der Waals surface area contributed by atoms with Gasteiger partial charge in [-0.1, -0.05) is 0 Å². The number of hydrogen-bond donors (Lipinski definition) is 0. The fourth-order valence-electron chi connectivity index (χ4n) is 4.69. The Morgan fingerprint density at radius 1 is 0.300 bits per heavy atom. The zero-order valence-corrected chi connectivity index (χ0v) is 16.9. The number of likely N-dealkylation sites (tertiary alicyclic amines) is 1. The van der Waals surface area contributed by atoms with Crippen molar-refractivity contribution in [1.82, 2.24) is 4.90 Å². The Morgan fingerprint density at radius 2 is 0.500 bits per heavy atom. The van der Waals surface area contributed by atoms with Crippen molar-refractivity contribution in [3.05, 3.63) is 0 Å². The van der Waals surface area contributed by atoms with Gasteiger partial charge in [0.1, 0.15) is 0 Å². The SMILES string of the molecule is FC(F)(F)C(F)(F)N1[C@@]2(F)C(F)(F)C(F)(F)C(F)(F)C(F)(F)[C@]2(F)[C@@]2(F)C(F)(F)C(F)(F)C(F)(F)C(F)(F)[C@@]12F. The number of halogens is 25. The van der Waals surface area contributed by atoms with E-state index in [2.05, 4.69) is 0 Å². The molecule has 26 heteroatoms. The minimum absolute atomic E-state index is 5.40. The molecule has 2 aliphatic carbocycles. The summed E-state index contributed by atoms with van der Waals surface area (Å²) in [6.45, 7) is 0. The van der Waals surface area contributed by atoms with E-state index in [9.17, 15) is 92.2 Å². The lowest BCUT2D eigenvalue weighted by molar-refractivity contribution is -0.502. The Kier molecular flexibility index (Phi) is 5.50. The lowest BCUT2D eigenvalue weighted by atomic mass is 9.58. The summed E-state index contributed by atoms with van der Waals surface area (Å²) in [5.41, 5.74) is -19.1. The van der Waals surface area contributed by atoms with Crippen molar-refractivity contribution < 1.29 is 110 Å². The van der Waals surface area contributed by atoms with E-state index in [0.29, 0.717) is 0 Å². The quantitative estimate of drug-likeness (QED) is 0.211. The third kappa shape index (κ3) is 2.22. The van der Waals surface area contributed by atoms with Gasteiger partial charge in [0.25, 0.3) is 22.9 Å². The fourth-order valence-corrected chi connectivity index (χ4v) is 4.69. The molecule has 0 aromatic carbocycles. The van der Waals surface area contributed by atoms with Crippen molar-refractivity contribution in [2.45, 2.75) is 82.5 Å². The first kappa shape index (κ1) is 32.7. The molecule has 0 aromatic rings. The molecular formula is C14F25N. The summed E-state index contributed by atoms with van der Waals surface area (Å²) in [6, 6.07) is -9.08. The summed E-state index contributed by atoms with van der Waals surface area (Å²) >= 11 is 0. The molecule has 236 valence electrons. The molecule has 3 aliphatic rings. The fraction of sp³-hybridized carbons (Fsp3) is 1.00. The average molecular weight is 657 g/mol. The summed E-state index contributed by atoms with van der Waals surface area (Å²) in [5.74, 6) is -91.3. The summed E-state index contributed by atoms with van der Waals surface area (Å²) in [5, 5.41) is 0. The van der Waals surface area contributed by atoms with E-state index in [1.54, 1.807) is 0 Å². The largest absolute Gasteiger partial charge is 0.469 e. The van der Waals surface area contributed by atoms with Crippen LogP contribution in [0.15, 0.2) is 0 Å². The maximum atomic E-state index is 15.5. The summed E-state index contributed by atoms with van der Waals surface area (Å²) in [7, 11) is 0. The zero-order chi connectivity index (χ0) is 32.6. The molecule has 0 bridgehead atoms. The highest BCUT2D eigenvalue weighted by molar-refractivity contribution is 5.49. The maximum absolute atomic E-state index is 15.5. The second kappa shape index (κ2) is 6.72. The van der Waals surface area contributed by atoms with Crippen molar-refractivity contribution in [2.75, 3.05) is 0 Å². The molecule has 1 aliphatic heterocycles. The second-order valence-electron chi connectivity index (χ2n) is 8.53. The van der Waals surface area contributed by atoms with Crippen LogP contribution in [0.1, 0.15) is 0 Å². The molecule has 0 spiro atoms. The predicted octanol–water partition coefficient (Wildman–Crippen LogP) is 7.31. The highest BCUT2D eigenvalue weighted by Crippen LogP contribution is 2.86. The van der Waals surface area contributed by atoms with Crippen LogP contribution in [0.25, 0.3) is 0 Å². The molecule has 0 unspecified atom stereocenters. The monoisotopic (exact) mass is 657 g/mol. The van der Waals surface area contributed by atoms with E-state index < -0.39 is 87.4 Å². The standard InChI is InChI=1S/C14F25N/c15-1-2(16)4(19,20)6(23,24)8(27,28)10(31,32)12(2,34)40(14(38,39)13(35,36)37)11(1,33)9(29,30)7(25,26)5(21,22)3(1,17)18/t1-,2-,11-,12+/m1/s1. The Morgan fingerprint density at radius 3 is 0.700 bits per heavy atom. The molecular weight excluding hydrogens is 657 g/mol. The third-order valence-corrected chi connectivity index (χ3v) is 6.69. The highest BCUT2D eigenvalue weighted by Gasteiger charge is 3.20. The molecule has 40 heavy (non-hydrogen) atoms. The van der Waals surface area contributed by atoms with Gasteiger partial charge in [-0.3, -0.25) is 0 Å². The van der Waals surface area contributed by atoms with Crippen molar-refractivity contribution >= 4 is 0 Å². The lowest BCUT2D eigenvalue weighted by Crippen LogP contribution is -2.92. The van der Waals surface area contributed by atoms with Crippen molar-refractivity contribution in [1.29, 1.82) is 0 Å². The molecule has 0 amide bonds. The Balaban J connectivity index is 2.89. The molecule has 0 radical (unpaired) electrons. The molecule has 1 nitrogen and oxygen atoms in total. The van der Waals surface area contributed by atoms with Crippen molar-refractivity contribution in [2.24, 2.45) is 0 Å². The van der Waals surface area contributed by atoms with E-state index in [1.807, 2.05) is 0 Å². The molecule has 3 fully saturated rings. The number of hydrogen-bond acceptors (Lipinski definition) is 1. The summed E-state index contributed by atoms with van der Waals surface area (Å²) < 4.78 is 353. The van der Waals surface area contributed by atoms with Crippen LogP contribution in [0.5, 0.6) is 0 Å². The van der Waals surface area contributed by atoms with Gasteiger partial charge < -0.3 is 0 Å². The predicted molar refractivity (Wildman–Crippen MR) is 67.8 cm³/mol. The molecule has 4 atom stereocenters. The Hall–Kier alpha value is -1.79. The van der Waals surface area contributed by atoms with Crippen LogP contribution in [0.4, 0.5) is 110 Å². The Bertz CT molecular complexity index is 1050. The normalized spacial score (nSPS) is 44.0. The van der Waals surface area contributed by atoms with E-state index in [-0.39, 0.29) is 0 Å². The van der Waals surface area contributed by atoms with Gasteiger partial charge >= 0.3 is 59.6 Å². The van der Waals surface area contributed by atoms with Crippen LogP contribution in [-0.4, -0.2) is 87.4 Å². The smallest absolute Gasteiger partial charge is 0.227 e. The molecule has 3 rings (SSSR count). The number of rotatable bonds is 1. The Labute approximate surface area is 198 Å². The average Bonchev–Trinajstić information content (AvgIpc) is 2.87. The summed E-state index contributed by atoms with van der Waals surface area (Å²) in [4.78, 5) is -5.40. The van der Waals surface area contributed by atoms with Gasteiger partial charge in [0.15, 0.2) is 0 Å². The first-order chi connectivity index (χ1) is 16.9. The zero-order valence-electron chi connectivity index (χ0n) is 16.9. The highest BCUT2D eigenvalue weighted by atomic mass is 19.4. The van der Waals surface area contributed by atoms with Gasteiger partial charge in [-0.25, -0.2) is 17.6 Å². The minimum atomic E-state index is -9.57. The van der Waals surface area contributed by atoms with Crippen LogP contribution in [0.2, 0.25) is 0 Å². The second-order valence-corrected chi connectivity index (χ2v) is 8.53. The topological polar surface area (TPSA) is 3.24 Å². The van der Waals surface area contributed by atoms with Crippen LogP contribution >= 0.6 is 0 Å². The van der Waals surface area contributed by atoms with E-state index >= 15 is 17.6 Å².